The fraction of sp³-hybridized carbons (Fsp3) is 0.133. The summed E-state index contributed by atoms with van der Waals surface area (Å²) in [6.07, 6.45) is -0.693. The molecule has 1 amide bonds. The van der Waals surface area contributed by atoms with Gasteiger partial charge in [0.25, 0.3) is 5.91 Å². The topological polar surface area (TPSA) is 47.6 Å². The second-order valence-corrected chi connectivity index (χ2v) is 4.74. The van der Waals surface area contributed by atoms with Crippen LogP contribution in [0.4, 0.5) is 5.69 Å². The minimum Gasteiger partial charge on any atom is -0.485 e. The highest BCUT2D eigenvalue weighted by Gasteiger charge is 2.27. The van der Waals surface area contributed by atoms with Crippen molar-refractivity contribution in [2.24, 2.45) is 0 Å². The third kappa shape index (κ3) is 2.56. The van der Waals surface area contributed by atoms with Crippen molar-refractivity contribution in [1.82, 2.24) is 0 Å². The fourth-order valence-corrected chi connectivity index (χ4v) is 2.11. The van der Waals surface area contributed by atoms with Gasteiger partial charge in [-0.1, -0.05) is 35.9 Å². The predicted octanol–water partition coefficient (Wildman–Crippen LogP) is 3.12. The summed E-state index contributed by atoms with van der Waals surface area (Å²) in [5, 5.41) is 3.22. The zero-order chi connectivity index (χ0) is 13.9. The van der Waals surface area contributed by atoms with Crippen LogP contribution in [0, 0.1) is 0 Å². The van der Waals surface area contributed by atoms with Crippen LogP contribution in [-0.4, -0.2) is 18.6 Å². The zero-order valence-electron chi connectivity index (χ0n) is 10.5. The predicted molar refractivity (Wildman–Crippen MR) is 76.4 cm³/mol. The Balaban J connectivity index is 1.72. The Morgan fingerprint density at radius 2 is 1.80 bits per heavy atom. The number of benzene rings is 2. The third-order valence-corrected chi connectivity index (χ3v) is 3.26. The number of hydrogen-bond donors (Lipinski definition) is 1. The number of nitrogens with one attached hydrogen (secondary N) is 1. The molecule has 0 aromatic heterocycles. The molecule has 0 saturated heterocycles. The molecule has 2 aromatic rings. The molecule has 102 valence electrons. The molecule has 1 atom stereocenters. The molecule has 2 aromatic carbocycles. The van der Waals surface area contributed by atoms with Crippen LogP contribution in [0.3, 0.4) is 0 Å². The number of ether oxygens (including phenoxy) is 2. The molecule has 0 aliphatic carbocycles. The molecule has 0 spiro atoms. The van der Waals surface area contributed by atoms with Crippen molar-refractivity contribution in [3.05, 3.63) is 53.6 Å². The monoisotopic (exact) mass is 289 g/mol. The summed E-state index contributed by atoms with van der Waals surface area (Å²) in [5.41, 5.74) is 0.557. The number of halogens is 1. The summed E-state index contributed by atoms with van der Waals surface area (Å²) >= 11 is 6.00. The first kappa shape index (κ1) is 12.8. The van der Waals surface area contributed by atoms with E-state index in [4.69, 9.17) is 21.1 Å². The lowest BCUT2D eigenvalue weighted by atomic mass is 10.2. The molecule has 1 aliphatic rings. The van der Waals surface area contributed by atoms with Gasteiger partial charge < -0.3 is 14.8 Å². The van der Waals surface area contributed by atoms with Gasteiger partial charge in [-0.15, -0.1) is 0 Å². The van der Waals surface area contributed by atoms with E-state index in [0.717, 1.165) is 0 Å². The number of anilines is 1. The summed E-state index contributed by atoms with van der Waals surface area (Å²) < 4.78 is 11.1. The summed E-state index contributed by atoms with van der Waals surface area (Å²) in [6, 6.07) is 14.3. The molecule has 1 N–H and O–H groups in total. The van der Waals surface area contributed by atoms with Crippen LogP contribution in [0.2, 0.25) is 5.02 Å². The number of amides is 1. The van der Waals surface area contributed by atoms with Crippen LogP contribution in [0.25, 0.3) is 0 Å². The Kier molecular flexibility index (Phi) is 3.48. The van der Waals surface area contributed by atoms with Crippen LogP contribution in [0.1, 0.15) is 0 Å². The van der Waals surface area contributed by atoms with E-state index >= 15 is 0 Å². The standard InChI is InChI=1S/C15H12ClNO3/c16-10-5-1-2-6-11(10)17-15(18)14-9-19-12-7-3-4-8-13(12)20-14/h1-8,14H,9H2,(H,17,18). The number of fused-ring (bicyclic) bond motifs is 1. The molecule has 1 unspecified atom stereocenters. The lowest BCUT2D eigenvalue weighted by molar-refractivity contribution is -0.125. The smallest absolute Gasteiger partial charge is 0.269 e. The van der Waals surface area contributed by atoms with Crippen molar-refractivity contribution in [1.29, 1.82) is 0 Å². The van der Waals surface area contributed by atoms with Crippen molar-refractivity contribution in [2.45, 2.75) is 6.10 Å². The van der Waals surface area contributed by atoms with Crippen molar-refractivity contribution < 1.29 is 14.3 Å². The van der Waals surface area contributed by atoms with Crippen LogP contribution in [0.5, 0.6) is 11.5 Å². The van der Waals surface area contributed by atoms with Gasteiger partial charge in [0.15, 0.2) is 11.5 Å². The van der Waals surface area contributed by atoms with Gasteiger partial charge >= 0.3 is 0 Å². The normalized spacial score (nSPS) is 16.6. The highest BCUT2D eigenvalue weighted by Crippen LogP contribution is 2.31. The van der Waals surface area contributed by atoms with Gasteiger partial charge in [-0.05, 0) is 24.3 Å². The van der Waals surface area contributed by atoms with Gasteiger partial charge in [-0.25, -0.2) is 0 Å². The Hall–Kier alpha value is -2.20. The molecule has 3 rings (SSSR count). The van der Waals surface area contributed by atoms with Gasteiger partial charge in [0, 0.05) is 0 Å². The minimum atomic E-state index is -0.693. The first-order valence-electron chi connectivity index (χ1n) is 6.18. The number of para-hydroxylation sites is 3. The maximum absolute atomic E-state index is 12.2. The SMILES string of the molecule is O=C(Nc1ccccc1Cl)C1COc2ccccc2O1. The van der Waals surface area contributed by atoms with E-state index in [1.54, 1.807) is 36.4 Å². The Bertz CT molecular complexity index is 645. The molecule has 0 saturated carbocycles. The highest BCUT2D eigenvalue weighted by atomic mass is 35.5. The van der Waals surface area contributed by atoms with Gasteiger partial charge in [-0.2, -0.15) is 0 Å². The third-order valence-electron chi connectivity index (χ3n) is 2.93. The molecule has 20 heavy (non-hydrogen) atoms. The van der Waals surface area contributed by atoms with E-state index < -0.39 is 6.10 Å². The van der Waals surface area contributed by atoms with Gasteiger partial charge in [0.1, 0.15) is 6.61 Å². The van der Waals surface area contributed by atoms with E-state index in [9.17, 15) is 4.79 Å². The van der Waals surface area contributed by atoms with E-state index in [0.29, 0.717) is 22.2 Å². The van der Waals surface area contributed by atoms with Gasteiger partial charge in [-0.3, -0.25) is 4.79 Å². The average molecular weight is 290 g/mol. The maximum Gasteiger partial charge on any atom is 0.269 e. The zero-order valence-corrected chi connectivity index (χ0v) is 11.3. The summed E-state index contributed by atoms with van der Waals surface area (Å²) in [5.74, 6) is 0.931. The Morgan fingerprint density at radius 3 is 2.60 bits per heavy atom. The molecule has 1 aliphatic heterocycles. The van der Waals surface area contributed by atoms with Crippen LogP contribution >= 0.6 is 11.6 Å². The number of carbonyl (C=O) groups is 1. The lowest BCUT2D eigenvalue weighted by Crippen LogP contribution is -2.40. The van der Waals surface area contributed by atoms with Crippen molar-refractivity contribution in [2.75, 3.05) is 11.9 Å². The summed E-state index contributed by atoms with van der Waals surface area (Å²) in [7, 11) is 0. The van der Waals surface area contributed by atoms with Gasteiger partial charge in [0.2, 0.25) is 6.10 Å². The summed E-state index contributed by atoms with van der Waals surface area (Å²) in [4.78, 5) is 12.2. The molecule has 5 heteroatoms. The van der Waals surface area contributed by atoms with E-state index in [2.05, 4.69) is 5.32 Å². The van der Waals surface area contributed by atoms with E-state index in [1.165, 1.54) is 0 Å². The Labute approximate surface area is 121 Å². The minimum absolute atomic E-state index is 0.174. The fourth-order valence-electron chi connectivity index (χ4n) is 1.92. The second kappa shape index (κ2) is 5.43. The van der Waals surface area contributed by atoms with Gasteiger partial charge in [0.05, 0.1) is 10.7 Å². The number of rotatable bonds is 2. The quantitative estimate of drug-likeness (QED) is 0.924. The molecular weight excluding hydrogens is 278 g/mol. The van der Waals surface area contributed by atoms with E-state index in [1.807, 2.05) is 12.1 Å². The highest BCUT2D eigenvalue weighted by molar-refractivity contribution is 6.33. The van der Waals surface area contributed by atoms with Crippen molar-refractivity contribution in [3.63, 3.8) is 0 Å². The largest absolute Gasteiger partial charge is 0.485 e. The number of hydrogen-bond acceptors (Lipinski definition) is 3. The molecular formula is C15H12ClNO3. The van der Waals surface area contributed by atoms with Crippen LogP contribution in [0.15, 0.2) is 48.5 Å². The number of carbonyl (C=O) groups excluding carboxylic acids is 1. The van der Waals surface area contributed by atoms with Crippen LogP contribution < -0.4 is 14.8 Å². The average Bonchev–Trinajstić information content (AvgIpc) is 2.49. The lowest BCUT2D eigenvalue weighted by Gasteiger charge is -2.25. The first-order chi connectivity index (χ1) is 9.74. The Morgan fingerprint density at radius 1 is 1.10 bits per heavy atom. The molecule has 0 bridgehead atoms. The first-order valence-corrected chi connectivity index (χ1v) is 6.56. The van der Waals surface area contributed by atoms with Crippen molar-refractivity contribution >= 4 is 23.2 Å². The molecule has 1 heterocycles. The summed E-state index contributed by atoms with van der Waals surface area (Å²) in [6.45, 7) is 0.174. The van der Waals surface area contributed by atoms with E-state index in [-0.39, 0.29) is 12.5 Å². The maximum atomic E-state index is 12.2. The molecule has 4 nitrogen and oxygen atoms in total. The molecule has 0 fully saturated rings. The van der Waals surface area contributed by atoms with Crippen LogP contribution in [-0.2, 0) is 4.79 Å². The second-order valence-electron chi connectivity index (χ2n) is 4.33. The van der Waals surface area contributed by atoms with Crippen molar-refractivity contribution in [3.8, 4) is 11.5 Å². The molecule has 0 radical (unpaired) electrons.